The van der Waals surface area contributed by atoms with Crippen LogP contribution in [-0.4, -0.2) is 38.5 Å². The minimum Gasteiger partial charge on any atom is -0.333 e. The molecule has 114 valence electrons. The smallest absolute Gasteiger partial charge is 0.333 e. The summed E-state index contributed by atoms with van der Waals surface area (Å²) in [5.74, 6) is -1.17. The molecule has 0 bridgehead atoms. The first-order chi connectivity index (χ1) is 10.6. The molecule has 0 saturated heterocycles. The lowest BCUT2D eigenvalue weighted by Gasteiger charge is -2.19. The molecule has 22 heavy (non-hydrogen) atoms. The Hall–Kier alpha value is -3.23. The van der Waals surface area contributed by atoms with Crippen molar-refractivity contribution in [1.29, 1.82) is 0 Å². The second-order valence-electron chi connectivity index (χ2n) is 4.09. The van der Waals surface area contributed by atoms with E-state index in [0.717, 1.165) is 10.6 Å². The zero-order chi connectivity index (χ0) is 16.1. The zero-order valence-electron chi connectivity index (χ0n) is 11.7. The summed E-state index contributed by atoms with van der Waals surface area (Å²) in [4.78, 5) is 36.4. The molecule has 9 nitrogen and oxygen atoms in total. The SMILES string of the molecule is C=CCN(CC=C)c1nc(NC(=O)C=C)n2oc(=O)nc2n1. The number of anilines is 2. The fourth-order valence-corrected chi connectivity index (χ4v) is 1.66. The van der Waals surface area contributed by atoms with E-state index in [1.807, 2.05) is 0 Å². The summed E-state index contributed by atoms with van der Waals surface area (Å²) in [6, 6.07) is 0. The molecule has 1 amide bonds. The van der Waals surface area contributed by atoms with Crippen molar-refractivity contribution in [2.75, 3.05) is 23.3 Å². The molecule has 0 spiro atoms. The number of nitrogens with one attached hydrogen (secondary N) is 1. The second-order valence-corrected chi connectivity index (χ2v) is 4.09. The molecule has 2 heterocycles. The lowest BCUT2D eigenvalue weighted by Crippen LogP contribution is -2.26. The predicted molar refractivity (Wildman–Crippen MR) is 80.8 cm³/mol. The van der Waals surface area contributed by atoms with Gasteiger partial charge in [0.05, 0.1) is 0 Å². The molecule has 2 rings (SSSR count). The summed E-state index contributed by atoms with van der Waals surface area (Å²) in [6.45, 7) is 11.5. The molecule has 0 aliphatic carbocycles. The Balaban J connectivity index is 2.57. The summed E-state index contributed by atoms with van der Waals surface area (Å²) in [6.07, 6.45) is 4.38. The molecule has 2 aromatic rings. The van der Waals surface area contributed by atoms with Crippen LogP contribution in [0.4, 0.5) is 11.9 Å². The van der Waals surface area contributed by atoms with E-state index in [1.165, 1.54) is 0 Å². The van der Waals surface area contributed by atoms with Gasteiger partial charge in [0.25, 0.3) is 11.7 Å². The van der Waals surface area contributed by atoms with Crippen LogP contribution in [0.15, 0.2) is 47.3 Å². The molecular formula is C13H14N6O3. The molecule has 0 atom stereocenters. The molecule has 0 unspecified atom stereocenters. The van der Waals surface area contributed by atoms with Crippen molar-refractivity contribution in [3.8, 4) is 0 Å². The van der Waals surface area contributed by atoms with Gasteiger partial charge in [-0.05, 0) is 6.08 Å². The number of hydrogen-bond acceptors (Lipinski definition) is 7. The van der Waals surface area contributed by atoms with Gasteiger partial charge in [-0.3, -0.25) is 10.1 Å². The molecular weight excluding hydrogens is 288 g/mol. The number of fused-ring (bicyclic) bond motifs is 1. The van der Waals surface area contributed by atoms with Gasteiger partial charge in [0, 0.05) is 13.1 Å². The van der Waals surface area contributed by atoms with Gasteiger partial charge in [0.2, 0.25) is 11.9 Å². The van der Waals surface area contributed by atoms with Crippen LogP contribution in [0.3, 0.4) is 0 Å². The van der Waals surface area contributed by atoms with Crippen molar-refractivity contribution in [1.82, 2.24) is 19.5 Å². The summed E-state index contributed by atoms with van der Waals surface area (Å²) >= 11 is 0. The van der Waals surface area contributed by atoms with Gasteiger partial charge in [0.15, 0.2) is 0 Å². The number of nitrogens with zero attached hydrogens (tertiary/aromatic N) is 5. The van der Waals surface area contributed by atoms with Gasteiger partial charge in [-0.25, -0.2) is 4.79 Å². The first-order valence-electron chi connectivity index (χ1n) is 6.27. The fourth-order valence-electron chi connectivity index (χ4n) is 1.66. The highest BCUT2D eigenvalue weighted by Gasteiger charge is 2.16. The number of rotatable bonds is 7. The van der Waals surface area contributed by atoms with Gasteiger partial charge in [0.1, 0.15) is 0 Å². The quantitative estimate of drug-likeness (QED) is 0.582. The monoisotopic (exact) mass is 302 g/mol. The molecule has 9 heteroatoms. The molecule has 0 radical (unpaired) electrons. The summed E-state index contributed by atoms with van der Waals surface area (Å²) in [5.41, 5.74) is 0. The van der Waals surface area contributed by atoms with Crippen LogP contribution in [-0.2, 0) is 4.79 Å². The topological polar surface area (TPSA) is 106 Å². The summed E-state index contributed by atoms with van der Waals surface area (Å²) in [7, 11) is 0. The van der Waals surface area contributed by atoms with E-state index in [0.29, 0.717) is 13.1 Å². The fraction of sp³-hybridized carbons (Fsp3) is 0.154. The van der Waals surface area contributed by atoms with Crippen LogP contribution in [0.1, 0.15) is 0 Å². The van der Waals surface area contributed by atoms with Crippen molar-refractivity contribution >= 4 is 23.6 Å². The highest BCUT2D eigenvalue weighted by molar-refractivity contribution is 5.97. The Kier molecular flexibility index (Phi) is 4.47. The lowest BCUT2D eigenvalue weighted by molar-refractivity contribution is -0.112. The van der Waals surface area contributed by atoms with Gasteiger partial charge >= 0.3 is 5.76 Å². The summed E-state index contributed by atoms with van der Waals surface area (Å²) < 4.78 is 5.75. The maximum atomic E-state index is 11.5. The number of hydrogen-bond donors (Lipinski definition) is 1. The van der Waals surface area contributed by atoms with E-state index in [4.69, 9.17) is 4.52 Å². The first-order valence-corrected chi connectivity index (χ1v) is 6.27. The van der Waals surface area contributed by atoms with E-state index < -0.39 is 11.7 Å². The molecule has 0 aromatic carbocycles. The van der Waals surface area contributed by atoms with Crippen LogP contribution < -0.4 is 16.0 Å². The average Bonchev–Trinajstić information content (AvgIpc) is 2.87. The largest absolute Gasteiger partial charge is 0.462 e. The minimum absolute atomic E-state index is 0.0208. The Labute approximate surface area is 125 Å². The minimum atomic E-state index is -0.848. The van der Waals surface area contributed by atoms with Crippen molar-refractivity contribution < 1.29 is 9.32 Å². The Morgan fingerprint density at radius 3 is 2.50 bits per heavy atom. The molecule has 0 aliphatic heterocycles. The van der Waals surface area contributed by atoms with E-state index in [2.05, 4.69) is 40.0 Å². The third-order valence-corrected chi connectivity index (χ3v) is 2.54. The molecule has 0 saturated carbocycles. The van der Waals surface area contributed by atoms with Crippen LogP contribution in [0.2, 0.25) is 0 Å². The third kappa shape index (κ3) is 3.08. The van der Waals surface area contributed by atoms with Crippen LogP contribution >= 0.6 is 0 Å². The first kappa shape index (κ1) is 15.2. The van der Waals surface area contributed by atoms with Gasteiger partial charge in [-0.1, -0.05) is 23.3 Å². The highest BCUT2D eigenvalue weighted by atomic mass is 16.5. The molecule has 0 fully saturated rings. The van der Waals surface area contributed by atoms with E-state index >= 15 is 0 Å². The summed E-state index contributed by atoms with van der Waals surface area (Å²) in [5, 5.41) is 2.43. The maximum absolute atomic E-state index is 11.5. The Morgan fingerprint density at radius 2 is 1.91 bits per heavy atom. The van der Waals surface area contributed by atoms with Gasteiger partial charge in [-0.2, -0.15) is 9.97 Å². The van der Waals surface area contributed by atoms with Gasteiger partial charge in [-0.15, -0.1) is 18.1 Å². The normalized spacial score (nSPS) is 10.2. The van der Waals surface area contributed by atoms with Crippen LogP contribution in [0.5, 0.6) is 0 Å². The molecule has 0 aliphatic rings. The Morgan fingerprint density at radius 1 is 1.23 bits per heavy atom. The number of aromatic nitrogens is 4. The van der Waals surface area contributed by atoms with Crippen LogP contribution in [0.25, 0.3) is 5.78 Å². The standard InChI is InChI=1S/C13H14N6O3/c1-4-7-18(8-5-2)10-15-11(14-9(20)6-3)19-12(16-10)17-13(21)22-19/h4-6H,1-3,7-8H2,(H,14,15,16,17,20,21). The van der Waals surface area contributed by atoms with Crippen LogP contribution in [0, 0.1) is 0 Å². The third-order valence-electron chi connectivity index (χ3n) is 2.54. The van der Waals surface area contributed by atoms with Crippen molar-refractivity contribution in [3.63, 3.8) is 0 Å². The van der Waals surface area contributed by atoms with E-state index in [-0.39, 0.29) is 17.7 Å². The molecule has 2 aromatic heterocycles. The highest BCUT2D eigenvalue weighted by Crippen LogP contribution is 2.13. The zero-order valence-corrected chi connectivity index (χ0v) is 11.7. The van der Waals surface area contributed by atoms with E-state index in [1.54, 1.807) is 17.1 Å². The van der Waals surface area contributed by atoms with E-state index in [9.17, 15) is 9.59 Å². The average molecular weight is 302 g/mol. The van der Waals surface area contributed by atoms with Gasteiger partial charge < -0.3 is 9.42 Å². The number of amides is 1. The predicted octanol–water partition coefficient (Wildman–Crippen LogP) is 0.380. The second kappa shape index (κ2) is 6.48. The van der Waals surface area contributed by atoms with Crippen molar-refractivity contribution in [2.24, 2.45) is 0 Å². The lowest BCUT2D eigenvalue weighted by atomic mass is 10.4. The molecule has 1 N–H and O–H groups in total. The van der Waals surface area contributed by atoms with Crippen molar-refractivity contribution in [2.45, 2.75) is 0 Å². The Bertz CT molecular complexity index is 781. The number of carbonyl (C=O) groups excluding carboxylic acids is 1. The number of carbonyl (C=O) groups is 1. The maximum Gasteiger partial charge on any atom is 0.462 e. The van der Waals surface area contributed by atoms with Crippen molar-refractivity contribution in [3.05, 3.63) is 48.5 Å².